The van der Waals surface area contributed by atoms with E-state index in [-0.39, 0.29) is 4.77 Å². The lowest BCUT2D eigenvalue weighted by atomic mass is 10.2. The number of aliphatic carboxylic acids is 2. The van der Waals surface area contributed by atoms with E-state index >= 15 is 0 Å². The van der Waals surface area contributed by atoms with E-state index in [0.717, 1.165) is 4.68 Å². The number of aromatic nitrogens is 4. The molecule has 0 aromatic carbocycles. The van der Waals surface area contributed by atoms with Gasteiger partial charge < -0.3 is 10.2 Å². The van der Waals surface area contributed by atoms with Crippen LogP contribution in [0.3, 0.4) is 0 Å². The molecule has 8 nitrogen and oxygen atoms in total. The molecule has 1 rings (SSSR count). The lowest BCUT2D eigenvalue weighted by Gasteiger charge is -2.08. The second-order valence-electron chi connectivity index (χ2n) is 2.40. The molecule has 1 aromatic heterocycles. The number of aromatic amines is 1. The van der Waals surface area contributed by atoms with Crippen LogP contribution in [0, 0.1) is 4.77 Å². The Morgan fingerprint density at radius 2 is 2.21 bits per heavy atom. The van der Waals surface area contributed by atoms with Gasteiger partial charge in [-0.15, -0.1) is 0 Å². The average molecular weight is 218 g/mol. The first-order valence-corrected chi connectivity index (χ1v) is 3.87. The molecule has 1 atom stereocenters. The molecule has 0 saturated carbocycles. The van der Waals surface area contributed by atoms with Crippen molar-refractivity contribution in [3.63, 3.8) is 0 Å². The number of carboxylic acid groups (broad SMARTS) is 2. The monoisotopic (exact) mass is 218 g/mol. The Kier molecular flexibility index (Phi) is 2.92. The summed E-state index contributed by atoms with van der Waals surface area (Å²) in [5.74, 6) is -2.55. The molecule has 0 fully saturated rings. The van der Waals surface area contributed by atoms with E-state index < -0.39 is 24.4 Å². The highest BCUT2D eigenvalue weighted by molar-refractivity contribution is 7.71. The van der Waals surface area contributed by atoms with E-state index in [1.54, 1.807) is 0 Å². The zero-order valence-corrected chi connectivity index (χ0v) is 7.56. The van der Waals surface area contributed by atoms with Gasteiger partial charge in [-0.2, -0.15) is 5.21 Å². The molecule has 0 spiro atoms. The topological polar surface area (TPSA) is 121 Å². The Labute approximate surface area is 82.1 Å². The largest absolute Gasteiger partial charge is 0.481 e. The van der Waals surface area contributed by atoms with Crippen molar-refractivity contribution in [2.24, 2.45) is 0 Å². The fourth-order valence-electron chi connectivity index (χ4n) is 0.862. The van der Waals surface area contributed by atoms with Crippen molar-refractivity contribution in [1.29, 1.82) is 0 Å². The van der Waals surface area contributed by atoms with Crippen LogP contribution < -0.4 is 0 Å². The summed E-state index contributed by atoms with van der Waals surface area (Å²) in [4.78, 5) is 21.0. The molecule has 1 aromatic rings. The van der Waals surface area contributed by atoms with Crippen molar-refractivity contribution in [2.75, 3.05) is 0 Å². The second kappa shape index (κ2) is 3.96. The Balaban J connectivity index is 3.00. The van der Waals surface area contributed by atoms with Crippen LogP contribution in [0.1, 0.15) is 12.5 Å². The summed E-state index contributed by atoms with van der Waals surface area (Å²) in [6.07, 6.45) is -0.590. The molecule has 0 radical (unpaired) electrons. The number of hydrogen-bond acceptors (Lipinski definition) is 5. The molecule has 1 heterocycles. The summed E-state index contributed by atoms with van der Waals surface area (Å²) in [6.45, 7) is 0. The maximum Gasteiger partial charge on any atom is 0.329 e. The van der Waals surface area contributed by atoms with Gasteiger partial charge in [0.2, 0.25) is 4.77 Å². The maximum atomic E-state index is 10.7. The van der Waals surface area contributed by atoms with Crippen molar-refractivity contribution in [3.8, 4) is 0 Å². The van der Waals surface area contributed by atoms with Gasteiger partial charge in [0.25, 0.3) is 0 Å². The highest BCUT2D eigenvalue weighted by atomic mass is 32.1. The highest BCUT2D eigenvalue weighted by Gasteiger charge is 2.24. The van der Waals surface area contributed by atoms with Gasteiger partial charge in [0, 0.05) is 0 Å². The molecule has 76 valence electrons. The molecule has 3 N–H and O–H groups in total. The number of hydrogen-bond donors (Lipinski definition) is 3. The number of rotatable bonds is 4. The first-order valence-electron chi connectivity index (χ1n) is 3.46. The standard InChI is InChI=1S/C5H6N4O4S/c10-3(11)1-2(4(12)13)9-5(14)6-7-8-9/h2H,1H2,(H,10,11)(H,12,13)(H,6,8,14). The van der Waals surface area contributed by atoms with Gasteiger partial charge in [0.05, 0.1) is 6.42 Å². The number of tetrazole rings is 1. The molecule has 14 heavy (non-hydrogen) atoms. The normalized spacial score (nSPS) is 12.3. The van der Waals surface area contributed by atoms with E-state index in [1.165, 1.54) is 0 Å². The molecule has 1 unspecified atom stereocenters. The summed E-state index contributed by atoms with van der Waals surface area (Å²) in [5, 5.41) is 26.0. The minimum atomic E-state index is -1.31. The van der Waals surface area contributed by atoms with Crippen LogP contribution in [0.15, 0.2) is 0 Å². The van der Waals surface area contributed by atoms with Crippen LogP contribution in [-0.4, -0.2) is 42.4 Å². The number of carbonyl (C=O) groups is 2. The van der Waals surface area contributed by atoms with Crippen LogP contribution in [0.5, 0.6) is 0 Å². The first-order chi connectivity index (χ1) is 6.52. The van der Waals surface area contributed by atoms with Gasteiger partial charge in [0.1, 0.15) is 0 Å². The number of H-pyrrole nitrogens is 1. The van der Waals surface area contributed by atoms with Gasteiger partial charge in [-0.25, -0.2) is 9.48 Å². The lowest BCUT2D eigenvalue weighted by molar-refractivity contribution is -0.147. The van der Waals surface area contributed by atoms with Crippen molar-refractivity contribution in [1.82, 2.24) is 20.2 Å². The molecule has 0 bridgehead atoms. The molecule has 0 aliphatic carbocycles. The third kappa shape index (κ3) is 2.13. The zero-order valence-electron chi connectivity index (χ0n) is 6.75. The van der Waals surface area contributed by atoms with E-state index in [0.29, 0.717) is 0 Å². The van der Waals surface area contributed by atoms with E-state index in [1.807, 2.05) is 0 Å². The fraction of sp³-hybridized carbons (Fsp3) is 0.400. The van der Waals surface area contributed by atoms with Gasteiger partial charge in [-0.05, 0) is 12.2 Å². The van der Waals surface area contributed by atoms with Crippen molar-refractivity contribution < 1.29 is 19.8 Å². The summed E-state index contributed by atoms with van der Waals surface area (Å²) < 4.78 is 0.810. The number of carboxylic acids is 2. The lowest BCUT2D eigenvalue weighted by Crippen LogP contribution is -2.23. The third-order valence-electron chi connectivity index (χ3n) is 1.46. The minimum absolute atomic E-state index is 0.0985. The molecule has 0 aliphatic heterocycles. The molecule has 0 aliphatic rings. The molecule has 0 amide bonds. The van der Waals surface area contributed by atoms with Crippen LogP contribution >= 0.6 is 12.2 Å². The zero-order chi connectivity index (χ0) is 10.7. The van der Waals surface area contributed by atoms with Crippen molar-refractivity contribution >= 4 is 24.2 Å². The van der Waals surface area contributed by atoms with Crippen LogP contribution in [0.4, 0.5) is 0 Å². The van der Waals surface area contributed by atoms with Gasteiger partial charge in [-0.1, -0.05) is 10.3 Å². The summed E-state index contributed by atoms with van der Waals surface area (Å²) in [6, 6.07) is -1.31. The van der Waals surface area contributed by atoms with Gasteiger partial charge in [0.15, 0.2) is 6.04 Å². The van der Waals surface area contributed by atoms with Crippen molar-refractivity contribution in [3.05, 3.63) is 4.77 Å². The Bertz CT molecular complexity index is 410. The quantitative estimate of drug-likeness (QED) is 0.579. The average Bonchev–Trinajstić information content (AvgIpc) is 2.46. The van der Waals surface area contributed by atoms with Crippen LogP contribution in [0.25, 0.3) is 0 Å². The number of nitrogens with zero attached hydrogens (tertiary/aromatic N) is 3. The molecular weight excluding hydrogens is 212 g/mol. The minimum Gasteiger partial charge on any atom is -0.481 e. The molecule has 0 saturated heterocycles. The van der Waals surface area contributed by atoms with Crippen LogP contribution in [0.2, 0.25) is 0 Å². The number of nitrogens with one attached hydrogen (secondary N) is 1. The predicted molar refractivity (Wildman–Crippen MR) is 44.1 cm³/mol. The van der Waals surface area contributed by atoms with Gasteiger partial charge in [-0.3, -0.25) is 4.79 Å². The highest BCUT2D eigenvalue weighted by Crippen LogP contribution is 2.09. The molecular formula is C5H6N4O4S. The van der Waals surface area contributed by atoms with Crippen LogP contribution in [-0.2, 0) is 9.59 Å². The fourth-order valence-corrected chi connectivity index (χ4v) is 1.07. The van der Waals surface area contributed by atoms with Gasteiger partial charge >= 0.3 is 11.9 Å². The third-order valence-corrected chi connectivity index (χ3v) is 1.74. The smallest absolute Gasteiger partial charge is 0.329 e. The Morgan fingerprint density at radius 3 is 2.57 bits per heavy atom. The SMILES string of the molecule is O=C(O)CC(C(=O)O)n1[nH]nnc1=S. The summed E-state index contributed by atoms with van der Waals surface area (Å²) in [5.41, 5.74) is 0. The summed E-state index contributed by atoms with van der Waals surface area (Å²) in [7, 11) is 0. The van der Waals surface area contributed by atoms with Crippen molar-refractivity contribution in [2.45, 2.75) is 12.5 Å². The Morgan fingerprint density at radius 1 is 1.57 bits per heavy atom. The Hall–Kier alpha value is -1.77. The maximum absolute atomic E-state index is 10.7. The summed E-state index contributed by atoms with van der Waals surface area (Å²) >= 11 is 4.64. The predicted octanol–water partition coefficient (Wildman–Crippen LogP) is -0.564. The van der Waals surface area contributed by atoms with E-state index in [2.05, 4.69) is 27.7 Å². The van der Waals surface area contributed by atoms with E-state index in [9.17, 15) is 9.59 Å². The second-order valence-corrected chi connectivity index (χ2v) is 2.77. The first kappa shape index (κ1) is 10.3. The van der Waals surface area contributed by atoms with E-state index in [4.69, 9.17) is 10.2 Å². The molecule has 9 heteroatoms.